The minimum absolute atomic E-state index is 0.0463. The molecule has 2 saturated heterocycles. The SMILES string of the molecule is CC1COC2C1OC[C@H]2O. The first kappa shape index (κ1) is 6.58. The molecule has 0 aromatic carbocycles. The van der Waals surface area contributed by atoms with Gasteiger partial charge in [0.15, 0.2) is 0 Å². The Morgan fingerprint density at radius 2 is 1.90 bits per heavy atom. The van der Waals surface area contributed by atoms with E-state index in [1.807, 2.05) is 0 Å². The first-order chi connectivity index (χ1) is 4.79. The van der Waals surface area contributed by atoms with Gasteiger partial charge >= 0.3 is 0 Å². The number of aliphatic hydroxyl groups is 1. The molecule has 3 heteroatoms. The van der Waals surface area contributed by atoms with Crippen LogP contribution in [0.25, 0.3) is 0 Å². The van der Waals surface area contributed by atoms with Crippen LogP contribution in [0.15, 0.2) is 0 Å². The number of fused-ring (bicyclic) bond motifs is 1. The molecule has 0 aromatic heterocycles. The number of aliphatic hydroxyl groups excluding tert-OH is 1. The van der Waals surface area contributed by atoms with Crippen LogP contribution in [0.1, 0.15) is 6.92 Å². The van der Waals surface area contributed by atoms with E-state index in [0.29, 0.717) is 12.5 Å². The monoisotopic (exact) mass is 144 g/mol. The summed E-state index contributed by atoms with van der Waals surface area (Å²) >= 11 is 0. The van der Waals surface area contributed by atoms with Gasteiger partial charge in [-0.3, -0.25) is 0 Å². The Labute approximate surface area is 59.9 Å². The van der Waals surface area contributed by atoms with Crippen molar-refractivity contribution in [2.45, 2.75) is 25.2 Å². The van der Waals surface area contributed by atoms with Crippen LogP contribution >= 0.6 is 0 Å². The van der Waals surface area contributed by atoms with Crippen molar-refractivity contribution >= 4 is 0 Å². The molecule has 2 aliphatic heterocycles. The summed E-state index contributed by atoms with van der Waals surface area (Å²) in [4.78, 5) is 0. The smallest absolute Gasteiger partial charge is 0.112 e. The summed E-state index contributed by atoms with van der Waals surface area (Å²) < 4.78 is 10.7. The van der Waals surface area contributed by atoms with Crippen molar-refractivity contribution in [1.29, 1.82) is 0 Å². The molecule has 3 unspecified atom stereocenters. The second-order valence-electron chi connectivity index (χ2n) is 3.14. The Morgan fingerprint density at radius 3 is 2.60 bits per heavy atom. The van der Waals surface area contributed by atoms with E-state index >= 15 is 0 Å². The molecule has 10 heavy (non-hydrogen) atoms. The van der Waals surface area contributed by atoms with Gasteiger partial charge in [0.2, 0.25) is 0 Å². The van der Waals surface area contributed by atoms with Crippen molar-refractivity contribution in [2.24, 2.45) is 5.92 Å². The van der Waals surface area contributed by atoms with E-state index in [1.165, 1.54) is 0 Å². The van der Waals surface area contributed by atoms with Gasteiger partial charge in [0, 0.05) is 5.92 Å². The van der Waals surface area contributed by atoms with E-state index in [4.69, 9.17) is 9.47 Å². The molecule has 2 rings (SSSR count). The van der Waals surface area contributed by atoms with Crippen molar-refractivity contribution < 1.29 is 14.6 Å². The minimum atomic E-state index is -0.394. The summed E-state index contributed by atoms with van der Waals surface area (Å²) in [7, 11) is 0. The third-order valence-corrected chi connectivity index (χ3v) is 2.27. The maximum absolute atomic E-state index is 9.27. The average molecular weight is 144 g/mol. The molecule has 2 aliphatic rings. The second-order valence-corrected chi connectivity index (χ2v) is 3.14. The topological polar surface area (TPSA) is 38.7 Å². The second kappa shape index (κ2) is 2.19. The standard InChI is InChI=1S/C7H12O3/c1-4-2-9-7-5(8)3-10-6(4)7/h4-8H,2-3H2,1H3/t4?,5-,6?,7?/m1/s1. The van der Waals surface area contributed by atoms with Crippen LogP contribution in [0.3, 0.4) is 0 Å². The van der Waals surface area contributed by atoms with Crippen LogP contribution in [0.2, 0.25) is 0 Å². The summed E-state index contributed by atoms with van der Waals surface area (Å²) in [5.74, 6) is 0.446. The van der Waals surface area contributed by atoms with Crippen LogP contribution in [-0.2, 0) is 9.47 Å². The van der Waals surface area contributed by atoms with Gasteiger partial charge in [0.25, 0.3) is 0 Å². The van der Waals surface area contributed by atoms with Gasteiger partial charge in [-0.1, -0.05) is 6.92 Å². The first-order valence-electron chi connectivity index (χ1n) is 3.70. The normalized spacial score (nSPS) is 53.4. The quantitative estimate of drug-likeness (QED) is 0.511. The lowest BCUT2D eigenvalue weighted by Gasteiger charge is -2.10. The van der Waals surface area contributed by atoms with Gasteiger partial charge in [0.05, 0.1) is 19.3 Å². The number of hydrogen-bond acceptors (Lipinski definition) is 3. The lowest BCUT2D eigenvalue weighted by Crippen LogP contribution is -2.28. The van der Waals surface area contributed by atoms with Crippen LogP contribution in [0.4, 0.5) is 0 Å². The highest BCUT2D eigenvalue weighted by Crippen LogP contribution is 2.30. The lowest BCUT2D eigenvalue weighted by atomic mass is 10.0. The molecular weight excluding hydrogens is 132 g/mol. The van der Waals surface area contributed by atoms with Crippen molar-refractivity contribution in [3.8, 4) is 0 Å². The van der Waals surface area contributed by atoms with E-state index in [2.05, 4.69) is 6.92 Å². The Hall–Kier alpha value is -0.120. The van der Waals surface area contributed by atoms with Gasteiger partial charge in [-0.2, -0.15) is 0 Å². The molecule has 2 fully saturated rings. The van der Waals surface area contributed by atoms with Crippen molar-refractivity contribution in [3.05, 3.63) is 0 Å². The first-order valence-corrected chi connectivity index (χ1v) is 3.70. The van der Waals surface area contributed by atoms with Gasteiger partial charge in [0.1, 0.15) is 12.2 Å². The van der Waals surface area contributed by atoms with Gasteiger partial charge in [-0.15, -0.1) is 0 Å². The lowest BCUT2D eigenvalue weighted by molar-refractivity contribution is 0.0173. The number of rotatable bonds is 0. The Bertz CT molecular complexity index is 121. The maximum Gasteiger partial charge on any atom is 0.112 e. The van der Waals surface area contributed by atoms with Crippen LogP contribution in [-0.4, -0.2) is 36.6 Å². The third kappa shape index (κ3) is 0.779. The van der Waals surface area contributed by atoms with Gasteiger partial charge in [-0.05, 0) is 0 Å². The summed E-state index contributed by atoms with van der Waals surface area (Å²) in [5, 5.41) is 9.27. The molecule has 0 bridgehead atoms. The van der Waals surface area contributed by atoms with Crippen LogP contribution in [0.5, 0.6) is 0 Å². The zero-order chi connectivity index (χ0) is 7.14. The fourth-order valence-corrected chi connectivity index (χ4v) is 1.67. The summed E-state index contributed by atoms with van der Waals surface area (Å²) in [6, 6.07) is 0. The zero-order valence-corrected chi connectivity index (χ0v) is 5.99. The fourth-order valence-electron chi connectivity index (χ4n) is 1.67. The molecule has 0 radical (unpaired) electrons. The molecule has 0 spiro atoms. The third-order valence-electron chi connectivity index (χ3n) is 2.27. The molecule has 3 nitrogen and oxygen atoms in total. The number of ether oxygens (including phenoxy) is 2. The molecule has 4 atom stereocenters. The molecule has 58 valence electrons. The highest BCUT2D eigenvalue weighted by Gasteiger charge is 2.44. The van der Waals surface area contributed by atoms with Crippen molar-refractivity contribution in [3.63, 3.8) is 0 Å². The van der Waals surface area contributed by atoms with Crippen molar-refractivity contribution in [2.75, 3.05) is 13.2 Å². The van der Waals surface area contributed by atoms with E-state index in [1.54, 1.807) is 0 Å². The molecule has 0 aromatic rings. The molecule has 0 amide bonds. The Morgan fingerprint density at radius 1 is 1.20 bits per heavy atom. The number of hydrogen-bond donors (Lipinski definition) is 1. The molecular formula is C7H12O3. The fraction of sp³-hybridized carbons (Fsp3) is 1.00. The largest absolute Gasteiger partial charge is 0.388 e. The molecule has 1 N–H and O–H groups in total. The molecule has 0 saturated carbocycles. The Kier molecular flexibility index (Phi) is 1.44. The van der Waals surface area contributed by atoms with Crippen LogP contribution in [0, 0.1) is 5.92 Å². The molecule has 2 heterocycles. The van der Waals surface area contributed by atoms with Crippen molar-refractivity contribution in [1.82, 2.24) is 0 Å². The predicted octanol–water partition coefficient (Wildman–Crippen LogP) is -0.219. The van der Waals surface area contributed by atoms with E-state index < -0.39 is 6.10 Å². The van der Waals surface area contributed by atoms with E-state index in [9.17, 15) is 5.11 Å². The summed E-state index contributed by atoms with van der Waals surface area (Å²) in [6.07, 6.45) is -0.292. The minimum Gasteiger partial charge on any atom is -0.388 e. The maximum atomic E-state index is 9.27. The Balaban J connectivity index is 2.09. The van der Waals surface area contributed by atoms with Crippen LogP contribution < -0.4 is 0 Å². The highest BCUT2D eigenvalue weighted by molar-refractivity contribution is 4.92. The summed E-state index contributed by atoms with van der Waals surface area (Å²) in [5.41, 5.74) is 0. The summed E-state index contributed by atoms with van der Waals surface area (Å²) in [6.45, 7) is 3.26. The highest BCUT2D eigenvalue weighted by atomic mass is 16.6. The van der Waals surface area contributed by atoms with E-state index in [0.717, 1.165) is 6.61 Å². The van der Waals surface area contributed by atoms with Gasteiger partial charge < -0.3 is 14.6 Å². The molecule has 0 aliphatic carbocycles. The zero-order valence-electron chi connectivity index (χ0n) is 5.99. The van der Waals surface area contributed by atoms with Gasteiger partial charge in [-0.25, -0.2) is 0 Å². The van der Waals surface area contributed by atoms with E-state index in [-0.39, 0.29) is 12.2 Å². The predicted molar refractivity (Wildman–Crippen MR) is 34.7 cm³/mol. The average Bonchev–Trinajstić information content (AvgIpc) is 2.41.